The van der Waals surface area contributed by atoms with Gasteiger partial charge in [-0.15, -0.1) is 0 Å². The van der Waals surface area contributed by atoms with Crippen LogP contribution in [0.4, 0.5) is 0 Å². The van der Waals surface area contributed by atoms with E-state index in [1.165, 1.54) is 6.92 Å². The topological polar surface area (TPSA) is 84.5 Å². The van der Waals surface area contributed by atoms with Crippen molar-refractivity contribution in [1.29, 1.82) is 0 Å². The molecule has 0 aliphatic rings. The summed E-state index contributed by atoms with van der Waals surface area (Å²) in [4.78, 5) is 34.2. The van der Waals surface area contributed by atoms with Gasteiger partial charge in [0.2, 0.25) is 5.91 Å². The second-order valence-electron chi connectivity index (χ2n) is 5.17. The molecule has 6 heteroatoms. The monoisotopic (exact) mass is 306 g/mol. The summed E-state index contributed by atoms with van der Waals surface area (Å²) in [6.45, 7) is 5.65. The van der Waals surface area contributed by atoms with Gasteiger partial charge >= 0.3 is 0 Å². The van der Waals surface area contributed by atoms with Gasteiger partial charge in [0.1, 0.15) is 5.75 Å². The van der Waals surface area contributed by atoms with Crippen LogP contribution in [0.25, 0.3) is 0 Å². The molecule has 0 saturated carbocycles. The highest BCUT2D eigenvalue weighted by Gasteiger charge is 2.07. The number of amides is 2. The average molecular weight is 306 g/mol. The summed E-state index contributed by atoms with van der Waals surface area (Å²) in [6, 6.07) is 6.67. The van der Waals surface area contributed by atoms with Gasteiger partial charge < -0.3 is 15.4 Å². The predicted octanol–water partition coefficient (Wildman–Crippen LogP) is 1.16. The van der Waals surface area contributed by atoms with Gasteiger partial charge in [0.15, 0.2) is 12.4 Å². The number of nitrogens with one attached hydrogen (secondary N) is 2. The number of ketones is 1. The Morgan fingerprint density at radius 1 is 1.14 bits per heavy atom. The Morgan fingerprint density at radius 3 is 2.45 bits per heavy atom. The third-order valence-electron chi connectivity index (χ3n) is 2.88. The van der Waals surface area contributed by atoms with Crippen molar-refractivity contribution < 1.29 is 19.1 Å². The number of carbonyl (C=O) groups is 3. The van der Waals surface area contributed by atoms with Crippen LogP contribution in [0, 0.1) is 5.92 Å². The highest BCUT2D eigenvalue weighted by molar-refractivity contribution is 5.94. The summed E-state index contributed by atoms with van der Waals surface area (Å²) < 4.78 is 5.32. The minimum Gasteiger partial charge on any atom is -0.484 e. The fraction of sp³-hybridized carbons (Fsp3) is 0.438. The van der Waals surface area contributed by atoms with Gasteiger partial charge in [-0.05, 0) is 19.1 Å². The van der Waals surface area contributed by atoms with Crippen molar-refractivity contribution in [2.45, 2.75) is 20.8 Å². The lowest BCUT2D eigenvalue weighted by atomic mass is 10.1. The summed E-state index contributed by atoms with van der Waals surface area (Å²) >= 11 is 0. The van der Waals surface area contributed by atoms with E-state index in [1.54, 1.807) is 38.1 Å². The summed E-state index contributed by atoms with van der Waals surface area (Å²) in [5.74, 6) is -0.00193. The molecular weight excluding hydrogens is 284 g/mol. The van der Waals surface area contributed by atoms with Crippen molar-refractivity contribution in [3.63, 3.8) is 0 Å². The lowest BCUT2D eigenvalue weighted by Gasteiger charge is -2.10. The predicted molar refractivity (Wildman–Crippen MR) is 82.8 cm³/mol. The number of rotatable bonds is 8. The van der Waals surface area contributed by atoms with Crippen molar-refractivity contribution >= 4 is 17.6 Å². The maximum atomic E-state index is 11.6. The van der Waals surface area contributed by atoms with Crippen molar-refractivity contribution in [2.75, 3.05) is 19.7 Å². The molecule has 2 N–H and O–H groups in total. The minimum absolute atomic E-state index is 0.0495. The molecule has 0 saturated heterocycles. The lowest BCUT2D eigenvalue weighted by Crippen LogP contribution is -2.38. The standard InChI is InChI=1S/C16H22N2O4/c1-11(2)16(21)18-8-7-17-15(20)10-22-14-6-4-5-13(9-14)12(3)19/h4-6,9,11H,7-8,10H2,1-3H3,(H,17,20)(H,18,21). The van der Waals surface area contributed by atoms with Crippen molar-refractivity contribution in [3.8, 4) is 5.75 Å². The van der Waals surface area contributed by atoms with Gasteiger partial charge in [-0.25, -0.2) is 0 Å². The van der Waals surface area contributed by atoms with Crippen LogP contribution in [0.15, 0.2) is 24.3 Å². The molecule has 0 atom stereocenters. The maximum Gasteiger partial charge on any atom is 0.258 e. The van der Waals surface area contributed by atoms with Crippen LogP contribution in [-0.2, 0) is 9.59 Å². The van der Waals surface area contributed by atoms with E-state index >= 15 is 0 Å². The van der Waals surface area contributed by atoms with E-state index in [9.17, 15) is 14.4 Å². The van der Waals surface area contributed by atoms with Crippen molar-refractivity contribution in [3.05, 3.63) is 29.8 Å². The number of ether oxygens (including phenoxy) is 1. The zero-order valence-corrected chi connectivity index (χ0v) is 13.1. The Hall–Kier alpha value is -2.37. The number of hydrogen-bond donors (Lipinski definition) is 2. The highest BCUT2D eigenvalue weighted by atomic mass is 16.5. The zero-order chi connectivity index (χ0) is 16.5. The Morgan fingerprint density at radius 2 is 1.82 bits per heavy atom. The summed E-state index contributed by atoms with van der Waals surface area (Å²) in [7, 11) is 0. The van der Waals surface area contributed by atoms with Gasteiger partial charge in [0.25, 0.3) is 5.91 Å². The second kappa shape index (κ2) is 8.81. The van der Waals surface area contributed by atoms with Crippen molar-refractivity contribution in [1.82, 2.24) is 10.6 Å². The molecular formula is C16H22N2O4. The molecule has 22 heavy (non-hydrogen) atoms. The fourth-order valence-corrected chi connectivity index (χ4v) is 1.60. The summed E-state index contributed by atoms with van der Waals surface area (Å²) in [6.07, 6.45) is 0. The van der Waals surface area contributed by atoms with Gasteiger partial charge in [0.05, 0.1) is 0 Å². The fourth-order valence-electron chi connectivity index (χ4n) is 1.60. The van der Waals surface area contributed by atoms with E-state index < -0.39 is 0 Å². The first-order valence-corrected chi connectivity index (χ1v) is 7.18. The first-order chi connectivity index (χ1) is 10.4. The molecule has 0 aromatic heterocycles. The Labute approximate surface area is 130 Å². The largest absolute Gasteiger partial charge is 0.484 e. The quantitative estimate of drug-likeness (QED) is 0.557. The maximum absolute atomic E-state index is 11.6. The van der Waals surface area contributed by atoms with Crippen LogP contribution in [0.3, 0.4) is 0 Å². The molecule has 0 unspecified atom stereocenters. The highest BCUT2D eigenvalue weighted by Crippen LogP contribution is 2.13. The Balaban J connectivity index is 2.27. The van der Waals surface area contributed by atoms with Crippen LogP contribution in [-0.4, -0.2) is 37.3 Å². The zero-order valence-electron chi connectivity index (χ0n) is 13.1. The molecule has 1 aromatic rings. The van der Waals surface area contributed by atoms with Gasteiger partial charge in [0, 0.05) is 24.6 Å². The minimum atomic E-state index is -0.285. The molecule has 0 bridgehead atoms. The van der Waals surface area contributed by atoms with Gasteiger partial charge in [-0.1, -0.05) is 26.0 Å². The molecule has 1 rings (SSSR count). The van der Waals surface area contributed by atoms with E-state index in [1.807, 2.05) is 0 Å². The summed E-state index contributed by atoms with van der Waals surface area (Å²) in [5.41, 5.74) is 0.536. The van der Waals surface area contributed by atoms with Crippen LogP contribution in [0.2, 0.25) is 0 Å². The Bertz CT molecular complexity index is 541. The lowest BCUT2D eigenvalue weighted by molar-refractivity contribution is -0.125. The van der Waals surface area contributed by atoms with E-state index in [-0.39, 0.29) is 30.1 Å². The molecule has 120 valence electrons. The molecule has 1 aromatic carbocycles. The van der Waals surface area contributed by atoms with Crippen molar-refractivity contribution in [2.24, 2.45) is 5.92 Å². The molecule has 0 aliphatic carbocycles. The molecule has 0 spiro atoms. The van der Waals surface area contributed by atoms with Crippen LogP contribution >= 0.6 is 0 Å². The Kier molecular flexibility index (Phi) is 7.08. The third-order valence-corrected chi connectivity index (χ3v) is 2.88. The van der Waals surface area contributed by atoms with E-state index in [2.05, 4.69) is 10.6 Å². The SMILES string of the molecule is CC(=O)c1cccc(OCC(=O)NCCNC(=O)C(C)C)c1. The second-order valence-corrected chi connectivity index (χ2v) is 5.17. The van der Waals surface area contributed by atoms with Gasteiger partial charge in [-0.3, -0.25) is 14.4 Å². The summed E-state index contributed by atoms with van der Waals surface area (Å²) in [5, 5.41) is 5.34. The number of carbonyl (C=O) groups excluding carboxylic acids is 3. The molecule has 0 radical (unpaired) electrons. The first-order valence-electron chi connectivity index (χ1n) is 7.18. The third kappa shape index (κ3) is 6.39. The molecule has 2 amide bonds. The number of benzene rings is 1. The van der Waals surface area contributed by atoms with Crippen LogP contribution in [0.5, 0.6) is 5.75 Å². The molecule has 0 aliphatic heterocycles. The normalized spacial score (nSPS) is 10.2. The van der Waals surface area contributed by atoms with E-state index in [0.29, 0.717) is 24.4 Å². The van der Waals surface area contributed by atoms with E-state index in [4.69, 9.17) is 4.74 Å². The number of hydrogen-bond acceptors (Lipinski definition) is 4. The van der Waals surface area contributed by atoms with E-state index in [0.717, 1.165) is 0 Å². The molecule has 0 heterocycles. The smallest absolute Gasteiger partial charge is 0.258 e. The van der Waals surface area contributed by atoms with Crippen LogP contribution in [0.1, 0.15) is 31.1 Å². The first kappa shape index (κ1) is 17.7. The van der Waals surface area contributed by atoms with Gasteiger partial charge in [-0.2, -0.15) is 0 Å². The van der Waals surface area contributed by atoms with Crippen LogP contribution < -0.4 is 15.4 Å². The average Bonchev–Trinajstić information content (AvgIpc) is 2.49. The number of Topliss-reactive ketones (excluding diaryl/α,β-unsaturated/α-hetero) is 1. The molecule has 0 fully saturated rings. The molecule has 6 nitrogen and oxygen atoms in total.